The van der Waals surface area contributed by atoms with E-state index in [1.165, 1.54) is 11.1 Å². The lowest BCUT2D eigenvalue weighted by molar-refractivity contribution is -0.119. The molecule has 2 unspecified atom stereocenters. The van der Waals surface area contributed by atoms with Gasteiger partial charge in [-0.05, 0) is 51.3 Å². The number of anilines is 1. The molecule has 1 saturated heterocycles. The topological polar surface area (TPSA) is 32.3 Å². The molecule has 0 saturated carbocycles. The van der Waals surface area contributed by atoms with Crippen LogP contribution in [0.5, 0.6) is 0 Å². The molecule has 98 valence electrons. The van der Waals surface area contributed by atoms with Crippen molar-refractivity contribution in [3.63, 3.8) is 0 Å². The molecule has 1 N–H and O–H groups in total. The zero-order valence-corrected chi connectivity index (χ0v) is 11.7. The zero-order valence-electron chi connectivity index (χ0n) is 11.7. The van der Waals surface area contributed by atoms with Gasteiger partial charge in [0, 0.05) is 18.3 Å². The predicted octanol–water partition coefficient (Wildman–Crippen LogP) is 2.41. The van der Waals surface area contributed by atoms with Crippen molar-refractivity contribution in [2.24, 2.45) is 0 Å². The maximum atomic E-state index is 12.4. The summed E-state index contributed by atoms with van der Waals surface area (Å²) in [6, 6.07) is 6.44. The fourth-order valence-electron chi connectivity index (χ4n) is 2.52. The van der Waals surface area contributed by atoms with E-state index in [1.807, 2.05) is 24.0 Å². The van der Waals surface area contributed by atoms with Crippen LogP contribution in [0.4, 0.5) is 5.69 Å². The summed E-state index contributed by atoms with van der Waals surface area (Å²) in [7, 11) is 0. The SMILES string of the molecule is Cc1cccc(N2CCC(C)NC(C)C2=O)c1C. The lowest BCUT2D eigenvalue weighted by atomic mass is 10.1. The number of aryl methyl sites for hydroxylation is 1. The van der Waals surface area contributed by atoms with Crippen LogP contribution in [0.3, 0.4) is 0 Å². The minimum atomic E-state index is -0.109. The molecule has 1 heterocycles. The molecule has 0 aromatic heterocycles. The summed E-state index contributed by atoms with van der Waals surface area (Å²) in [5, 5.41) is 3.33. The van der Waals surface area contributed by atoms with Crippen molar-refractivity contribution >= 4 is 11.6 Å². The van der Waals surface area contributed by atoms with Gasteiger partial charge in [-0.1, -0.05) is 12.1 Å². The average Bonchev–Trinajstić information content (AvgIpc) is 2.44. The molecule has 2 rings (SSSR count). The number of nitrogens with zero attached hydrogens (tertiary/aromatic N) is 1. The molecule has 3 nitrogen and oxygen atoms in total. The van der Waals surface area contributed by atoms with Crippen LogP contribution in [0.15, 0.2) is 18.2 Å². The first-order valence-corrected chi connectivity index (χ1v) is 6.64. The Labute approximate surface area is 109 Å². The molecule has 1 aliphatic heterocycles. The van der Waals surface area contributed by atoms with Gasteiger partial charge in [0.25, 0.3) is 0 Å². The van der Waals surface area contributed by atoms with E-state index in [1.54, 1.807) is 0 Å². The summed E-state index contributed by atoms with van der Waals surface area (Å²) in [5.74, 6) is 0.174. The Morgan fingerprint density at radius 1 is 1.28 bits per heavy atom. The highest BCUT2D eigenvalue weighted by Gasteiger charge is 2.27. The normalized spacial score (nSPS) is 25.1. The molecule has 1 aliphatic rings. The van der Waals surface area contributed by atoms with Crippen LogP contribution in [0, 0.1) is 13.8 Å². The molecule has 1 fully saturated rings. The van der Waals surface area contributed by atoms with Gasteiger partial charge in [0.05, 0.1) is 6.04 Å². The van der Waals surface area contributed by atoms with Crippen molar-refractivity contribution in [3.8, 4) is 0 Å². The van der Waals surface area contributed by atoms with Crippen molar-refractivity contribution in [3.05, 3.63) is 29.3 Å². The lowest BCUT2D eigenvalue weighted by Gasteiger charge is -2.25. The van der Waals surface area contributed by atoms with Gasteiger partial charge in [-0.2, -0.15) is 0 Å². The van der Waals surface area contributed by atoms with Crippen LogP contribution in [-0.2, 0) is 4.79 Å². The summed E-state index contributed by atoms with van der Waals surface area (Å²) in [4.78, 5) is 14.4. The second-order valence-electron chi connectivity index (χ2n) is 5.29. The second-order valence-corrected chi connectivity index (χ2v) is 5.29. The van der Waals surface area contributed by atoms with Crippen LogP contribution in [0.2, 0.25) is 0 Å². The van der Waals surface area contributed by atoms with Gasteiger partial charge in [0.2, 0.25) is 5.91 Å². The number of hydrogen-bond acceptors (Lipinski definition) is 2. The smallest absolute Gasteiger partial charge is 0.243 e. The van der Waals surface area contributed by atoms with E-state index in [9.17, 15) is 4.79 Å². The van der Waals surface area contributed by atoms with E-state index in [-0.39, 0.29) is 11.9 Å². The Kier molecular flexibility index (Phi) is 3.71. The van der Waals surface area contributed by atoms with Crippen LogP contribution in [0.25, 0.3) is 0 Å². The van der Waals surface area contributed by atoms with Crippen LogP contribution in [0.1, 0.15) is 31.4 Å². The number of hydrogen-bond donors (Lipinski definition) is 1. The molecule has 0 radical (unpaired) electrons. The highest BCUT2D eigenvalue weighted by Crippen LogP contribution is 2.25. The molecule has 1 amide bonds. The minimum Gasteiger partial charge on any atom is -0.311 e. The Balaban J connectivity index is 2.36. The molecule has 1 aromatic carbocycles. The van der Waals surface area contributed by atoms with Crippen molar-refractivity contribution < 1.29 is 4.79 Å². The van der Waals surface area contributed by atoms with Gasteiger partial charge < -0.3 is 10.2 Å². The molecule has 0 bridgehead atoms. The highest BCUT2D eigenvalue weighted by atomic mass is 16.2. The number of nitrogens with one attached hydrogen (secondary N) is 1. The van der Waals surface area contributed by atoms with Crippen molar-refractivity contribution in [1.82, 2.24) is 5.32 Å². The molecule has 2 atom stereocenters. The van der Waals surface area contributed by atoms with Crippen LogP contribution < -0.4 is 10.2 Å². The summed E-state index contributed by atoms with van der Waals surface area (Å²) < 4.78 is 0. The van der Waals surface area contributed by atoms with E-state index < -0.39 is 0 Å². The molecular weight excluding hydrogens is 224 g/mol. The largest absolute Gasteiger partial charge is 0.311 e. The third kappa shape index (κ3) is 2.41. The number of rotatable bonds is 1. The minimum absolute atomic E-state index is 0.109. The quantitative estimate of drug-likeness (QED) is 0.825. The molecule has 1 aromatic rings. The molecule has 18 heavy (non-hydrogen) atoms. The first-order chi connectivity index (χ1) is 8.50. The van der Waals surface area contributed by atoms with Crippen molar-refractivity contribution in [2.75, 3.05) is 11.4 Å². The van der Waals surface area contributed by atoms with E-state index in [0.717, 1.165) is 18.7 Å². The number of carbonyl (C=O) groups is 1. The number of carbonyl (C=O) groups excluding carboxylic acids is 1. The van der Waals surface area contributed by atoms with Gasteiger partial charge in [-0.3, -0.25) is 4.79 Å². The van der Waals surface area contributed by atoms with Gasteiger partial charge in [0.1, 0.15) is 0 Å². The summed E-state index contributed by atoms with van der Waals surface area (Å²) in [6.45, 7) is 9.05. The maximum Gasteiger partial charge on any atom is 0.243 e. The lowest BCUT2D eigenvalue weighted by Crippen LogP contribution is -2.43. The predicted molar refractivity (Wildman–Crippen MR) is 74.9 cm³/mol. The van der Waals surface area contributed by atoms with Gasteiger partial charge in [0.15, 0.2) is 0 Å². The Morgan fingerprint density at radius 2 is 2.00 bits per heavy atom. The molecule has 0 aliphatic carbocycles. The first-order valence-electron chi connectivity index (χ1n) is 6.64. The van der Waals surface area contributed by atoms with E-state index >= 15 is 0 Å². The van der Waals surface area contributed by atoms with Gasteiger partial charge in [-0.15, -0.1) is 0 Å². The Hall–Kier alpha value is -1.35. The number of amides is 1. The van der Waals surface area contributed by atoms with Gasteiger partial charge in [-0.25, -0.2) is 0 Å². The molecule has 3 heteroatoms. The van der Waals surface area contributed by atoms with E-state index in [2.05, 4.69) is 32.2 Å². The van der Waals surface area contributed by atoms with Crippen LogP contribution >= 0.6 is 0 Å². The van der Waals surface area contributed by atoms with Gasteiger partial charge >= 0.3 is 0 Å². The standard InChI is InChI=1S/C15H22N2O/c1-10-6-5-7-14(12(10)3)17-9-8-11(2)16-13(4)15(17)18/h5-7,11,13,16H,8-9H2,1-4H3. The zero-order chi connectivity index (χ0) is 13.3. The summed E-state index contributed by atoms with van der Waals surface area (Å²) in [5.41, 5.74) is 3.49. The highest BCUT2D eigenvalue weighted by molar-refractivity contribution is 5.98. The van der Waals surface area contributed by atoms with E-state index in [0.29, 0.717) is 6.04 Å². The average molecular weight is 246 g/mol. The van der Waals surface area contributed by atoms with Crippen molar-refractivity contribution in [2.45, 2.75) is 46.2 Å². The fourth-order valence-corrected chi connectivity index (χ4v) is 2.52. The van der Waals surface area contributed by atoms with Crippen LogP contribution in [-0.4, -0.2) is 24.5 Å². The Bertz CT molecular complexity index is 456. The van der Waals surface area contributed by atoms with E-state index in [4.69, 9.17) is 0 Å². The summed E-state index contributed by atoms with van der Waals surface area (Å²) >= 11 is 0. The second kappa shape index (κ2) is 5.11. The Morgan fingerprint density at radius 3 is 2.72 bits per heavy atom. The van der Waals surface area contributed by atoms with Crippen molar-refractivity contribution in [1.29, 1.82) is 0 Å². The molecule has 0 spiro atoms. The number of benzene rings is 1. The third-order valence-corrected chi connectivity index (χ3v) is 3.82. The third-order valence-electron chi connectivity index (χ3n) is 3.82. The molecular formula is C15H22N2O. The first kappa shape index (κ1) is 13.1. The fraction of sp³-hybridized carbons (Fsp3) is 0.533. The monoisotopic (exact) mass is 246 g/mol. The summed E-state index contributed by atoms with van der Waals surface area (Å²) in [6.07, 6.45) is 0.990. The maximum absolute atomic E-state index is 12.4.